The van der Waals surface area contributed by atoms with E-state index in [0.717, 1.165) is 0 Å². The summed E-state index contributed by atoms with van der Waals surface area (Å²) in [5.74, 6) is -0.908. The molecule has 0 aromatic heterocycles. The first-order valence-electron chi connectivity index (χ1n) is 5.08. The summed E-state index contributed by atoms with van der Waals surface area (Å²) in [6.07, 6.45) is -2.39. The summed E-state index contributed by atoms with van der Waals surface area (Å²) < 4.78 is 21.4. The summed E-state index contributed by atoms with van der Waals surface area (Å²) in [5, 5.41) is 0. The molecule has 98 valence electrons. The van der Waals surface area contributed by atoms with Crippen LogP contribution in [0.15, 0.2) is 0 Å². The van der Waals surface area contributed by atoms with Crippen LogP contribution in [0.2, 0.25) is 0 Å². The van der Waals surface area contributed by atoms with Crippen LogP contribution in [0, 0.1) is 0 Å². The second-order valence-corrected chi connectivity index (χ2v) is 4.46. The lowest BCUT2D eigenvalue weighted by Crippen LogP contribution is -2.40. The highest BCUT2D eigenvalue weighted by Gasteiger charge is 2.48. The molecule has 1 fully saturated rings. The van der Waals surface area contributed by atoms with E-state index < -0.39 is 30.4 Å². The maximum Gasteiger partial charge on any atom is 0.303 e. The van der Waals surface area contributed by atoms with Crippen LogP contribution >= 0.6 is 22.6 Å². The van der Waals surface area contributed by atoms with Crippen molar-refractivity contribution < 1.29 is 28.5 Å². The van der Waals surface area contributed by atoms with Gasteiger partial charge in [-0.05, 0) is 0 Å². The molecular formula is C10H15IO6. The molecule has 0 bridgehead atoms. The summed E-state index contributed by atoms with van der Waals surface area (Å²) in [6, 6.07) is 0. The number of hydrogen-bond acceptors (Lipinski definition) is 6. The van der Waals surface area contributed by atoms with E-state index in [-0.39, 0.29) is 6.10 Å². The molecule has 1 aliphatic heterocycles. The Labute approximate surface area is 113 Å². The van der Waals surface area contributed by atoms with E-state index in [2.05, 4.69) is 22.6 Å². The number of alkyl halides is 1. The fraction of sp³-hybridized carbons (Fsp3) is 0.800. The van der Waals surface area contributed by atoms with Gasteiger partial charge < -0.3 is 18.9 Å². The molecule has 0 amide bonds. The van der Waals surface area contributed by atoms with E-state index in [1.165, 1.54) is 21.0 Å². The van der Waals surface area contributed by atoms with Crippen LogP contribution in [-0.2, 0) is 28.5 Å². The van der Waals surface area contributed by atoms with E-state index in [0.29, 0.717) is 4.43 Å². The molecule has 1 aliphatic rings. The lowest BCUT2D eigenvalue weighted by molar-refractivity contribution is -0.180. The summed E-state index contributed by atoms with van der Waals surface area (Å²) in [7, 11) is 1.45. The molecule has 1 heterocycles. The molecule has 0 spiro atoms. The van der Waals surface area contributed by atoms with Gasteiger partial charge in [0.25, 0.3) is 0 Å². The normalized spacial score (nSPS) is 32.2. The Hall–Kier alpha value is -0.410. The van der Waals surface area contributed by atoms with Crippen molar-refractivity contribution in [2.45, 2.75) is 38.4 Å². The third-order valence-corrected chi connectivity index (χ3v) is 3.12. The molecule has 4 atom stereocenters. The largest absolute Gasteiger partial charge is 0.456 e. The molecule has 7 heteroatoms. The Morgan fingerprint density at radius 3 is 2.12 bits per heavy atom. The van der Waals surface area contributed by atoms with Gasteiger partial charge in [0.15, 0.2) is 18.5 Å². The zero-order valence-electron chi connectivity index (χ0n) is 9.84. The first-order valence-corrected chi connectivity index (χ1v) is 6.60. The van der Waals surface area contributed by atoms with Gasteiger partial charge in [0, 0.05) is 25.4 Å². The molecule has 0 aliphatic carbocycles. The maximum absolute atomic E-state index is 11.0. The first-order chi connectivity index (χ1) is 7.99. The SMILES string of the molecule is CO[C@@H]1O[C@H](CI)[C@H](OC(C)=O)[C@H]1OC(C)=O. The van der Waals surface area contributed by atoms with Gasteiger partial charge in [0.05, 0.1) is 0 Å². The smallest absolute Gasteiger partial charge is 0.303 e. The molecule has 6 nitrogen and oxygen atoms in total. The minimum Gasteiger partial charge on any atom is -0.456 e. The molecule has 17 heavy (non-hydrogen) atoms. The Morgan fingerprint density at radius 1 is 1.18 bits per heavy atom. The highest BCUT2D eigenvalue weighted by Crippen LogP contribution is 2.28. The number of rotatable bonds is 4. The van der Waals surface area contributed by atoms with Crippen molar-refractivity contribution in [1.82, 2.24) is 0 Å². The summed E-state index contributed by atoms with van der Waals surface area (Å²) in [4.78, 5) is 22.0. The number of hydrogen-bond donors (Lipinski definition) is 0. The van der Waals surface area contributed by atoms with Crippen molar-refractivity contribution in [3.63, 3.8) is 0 Å². The number of ether oxygens (including phenoxy) is 4. The average molecular weight is 358 g/mol. The number of carbonyl (C=O) groups is 2. The highest BCUT2D eigenvalue weighted by molar-refractivity contribution is 14.1. The molecule has 0 N–H and O–H groups in total. The lowest BCUT2D eigenvalue weighted by atomic mass is 10.1. The maximum atomic E-state index is 11.0. The van der Waals surface area contributed by atoms with Gasteiger partial charge in [0.1, 0.15) is 6.10 Å². The van der Waals surface area contributed by atoms with Crippen LogP contribution in [0.1, 0.15) is 13.8 Å². The predicted octanol–water partition coefficient (Wildman–Crippen LogP) is 0.656. The second kappa shape index (κ2) is 6.50. The predicted molar refractivity (Wildman–Crippen MR) is 65.7 cm³/mol. The van der Waals surface area contributed by atoms with Gasteiger partial charge in [0.2, 0.25) is 0 Å². The minimum absolute atomic E-state index is 0.339. The summed E-state index contributed by atoms with van der Waals surface area (Å²) >= 11 is 2.11. The molecule has 0 radical (unpaired) electrons. The van der Waals surface area contributed by atoms with Gasteiger partial charge in [-0.3, -0.25) is 9.59 Å². The van der Waals surface area contributed by atoms with Crippen molar-refractivity contribution in [2.24, 2.45) is 0 Å². The van der Waals surface area contributed by atoms with Gasteiger partial charge in [-0.25, -0.2) is 0 Å². The van der Waals surface area contributed by atoms with E-state index in [1.807, 2.05) is 0 Å². The van der Waals surface area contributed by atoms with Crippen molar-refractivity contribution >= 4 is 34.5 Å². The molecule has 0 aromatic carbocycles. The lowest BCUT2D eigenvalue weighted by Gasteiger charge is -2.22. The number of carbonyl (C=O) groups excluding carboxylic acids is 2. The Balaban J connectivity index is 2.82. The van der Waals surface area contributed by atoms with Crippen LogP contribution < -0.4 is 0 Å². The number of halogens is 1. The standard InChI is InChI=1S/C10H15IO6/c1-5(12)15-8-7(4-11)17-10(14-3)9(8)16-6(2)13/h7-10H,4H2,1-3H3/t7-,8+,9-,10-/m1/s1. The average Bonchev–Trinajstić information content (AvgIpc) is 2.55. The molecular weight excluding hydrogens is 343 g/mol. The van der Waals surface area contributed by atoms with E-state index in [4.69, 9.17) is 18.9 Å². The Bertz CT molecular complexity index is 267. The number of esters is 2. The van der Waals surface area contributed by atoms with Crippen LogP contribution in [0.4, 0.5) is 0 Å². The summed E-state index contributed by atoms with van der Waals surface area (Å²) in [6.45, 7) is 2.59. The number of methoxy groups -OCH3 is 1. The van der Waals surface area contributed by atoms with E-state index in [9.17, 15) is 9.59 Å². The van der Waals surface area contributed by atoms with Crippen LogP contribution in [0.3, 0.4) is 0 Å². The molecule has 1 saturated heterocycles. The van der Waals surface area contributed by atoms with E-state index >= 15 is 0 Å². The van der Waals surface area contributed by atoms with Crippen molar-refractivity contribution in [3.8, 4) is 0 Å². The van der Waals surface area contributed by atoms with Gasteiger partial charge in [-0.2, -0.15) is 0 Å². The van der Waals surface area contributed by atoms with Gasteiger partial charge >= 0.3 is 11.9 Å². The van der Waals surface area contributed by atoms with Crippen LogP contribution in [0.25, 0.3) is 0 Å². The summed E-state index contributed by atoms with van der Waals surface area (Å²) in [5.41, 5.74) is 0. The minimum atomic E-state index is -0.721. The molecule has 0 saturated carbocycles. The Morgan fingerprint density at radius 2 is 1.71 bits per heavy atom. The fourth-order valence-electron chi connectivity index (χ4n) is 1.66. The highest BCUT2D eigenvalue weighted by atomic mass is 127. The molecule has 0 aromatic rings. The van der Waals surface area contributed by atoms with Crippen molar-refractivity contribution in [3.05, 3.63) is 0 Å². The van der Waals surface area contributed by atoms with Crippen LogP contribution in [-0.4, -0.2) is 48.1 Å². The third-order valence-electron chi connectivity index (χ3n) is 2.26. The van der Waals surface area contributed by atoms with Crippen molar-refractivity contribution in [2.75, 3.05) is 11.5 Å². The monoisotopic (exact) mass is 358 g/mol. The van der Waals surface area contributed by atoms with E-state index in [1.54, 1.807) is 0 Å². The quantitative estimate of drug-likeness (QED) is 0.418. The fourth-order valence-corrected chi connectivity index (χ4v) is 2.37. The zero-order chi connectivity index (χ0) is 13.0. The molecule has 0 unspecified atom stereocenters. The third kappa shape index (κ3) is 3.78. The van der Waals surface area contributed by atoms with Crippen molar-refractivity contribution in [1.29, 1.82) is 0 Å². The Kier molecular flexibility index (Phi) is 5.60. The van der Waals surface area contributed by atoms with Gasteiger partial charge in [-0.15, -0.1) is 0 Å². The second-order valence-electron chi connectivity index (χ2n) is 3.58. The van der Waals surface area contributed by atoms with Gasteiger partial charge in [-0.1, -0.05) is 22.6 Å². The zero-order valence-corrected chi connectivity index (χ0v) is 12.0. The topological polar surface area (TPSA) is 71.1 Å². The molecule has 1 rings (SSSR count). The first kappa shape index (κ1) is 14.7. The van der Waals surface area contributed by atoms with Crippen LogP contribution in [0.5, 0.6) is 0 Å².